The van der Waals surface area contributed by atoms with Crippen LogP contribution in [-0.4, -0.2) is 35.7 Å². The Bertz CT molecular complexity index is 1210. The number of ether oxygens (including phenoxy) is 1. The number of hydrogen-bond acceptors (Lipinski definition) is 4. The van der Waals surface area contributed by atoms with Crippen LogP contribution in [0, 0.1) is 6.92 Å². The highest BCUT2D eigenvalue weighted by molar-refractivity contribution is 6.03. The van der Waals surface area contributed by atoms with Crippen molar-refractivity contribution in [2.75, 3.05) is 11.9 Å². The Morgan fingerprint density at radius 3 is 2.18 bits per heavy atom. The fourth-order valence-corrected chi connectivity index (χ4v) is 4.30. The number of aryl methyl sites for hydroxylation is 1. The maximum atomic E-state index is 12.8. The van der Waals surface area contributed by atoms with Crippen LogP contribution in [-0.2, 0) is 9.53 Å². The molecule has 0 aliphatic heterocycles. The molecule has 0 radical (unpaired) electrons. The van der Waals surface area contributed by atoms with Crippen LogP contribution in [0.5, 0.6) is 0 Å². The number of rotatable bonds is 7. The highest BCUT2D eigenvalue weighted by Crippen LogP contribution is 2.44. The van der Waals surface area contributed by atoms with E-state index in [1.54, 1.807) is 19.9 Å². The second-order valence-corrected chi connectivity index (χ2v) is 8.27. The zero-order valence-corrected chi connectivity index (χ0v) is 19.0. The Labute approximate surface area is 197 Å². The molecule has 174 valence electrons. The minimum atomic E-state index is -1.14. The second kappa shape index (κ2) is 9.79. The third kappa shape index (κ3) is 4.64. The molecule has 3 N–H and O–H groups in total. The van der Waals surface area contributed by atoms with E-state index >= 15 is 0 Å². The van der Waals surface area contributed by atoms with E-state index in [2.05, 4.69) is 22.8 Å². The lowest BCUT2D eigenvalue weighted by Gasteiger charge is -2.19. The number of anilines is 1. The molecule has 3 aromatic carbocycles. The molecule has 0 saturated heterocycles. The number of fused-ring (bicyclic) bond motifs is 3. The monoisotopic (exact) mass is 458 g/mol. The first kappa shape index (κ1) is 23.0. The standard InChI is InChI=1S/C27H26N2O5/c1-3-23(25(30)28-24-13-12-16(2)14-21(24)26(31)32)29-27(33)34-15-22-19-10-6-4-8-17(19)18-9-5-7-11-20(18)22/h4-14,22-23H,3,15H2,1-2H3,(H,28,30)(H,29,33)(H,31,32)/t23-/m0/s1. The van der Waals surface area contributed by atoms with Crippen LogP contribution in [0.2, 0.25) is 0 Å². The molecule has 1 aliphatic carbocycles. The van der Waals surface area contributed by atoms with Gasteiger partial charge in [0.25, 0.3) is 0 Å². The lowest BCUT2D eigenvalue weighted by molar-refractivity contribution is -0.118. The number of alkyl carbamates (subject to hydrolysis) is 1. The summed E-state index contributed by atoms with van der Waals surface area (Å²) in [6, 6.07) is 19.9. The zero-order chi connectivity index (χ0) is 24.2. The van der Waals surface area contributed by atoms with Gasteiger partial charge < -0.3 is 20.5 Å². The van der Waals surface area contributed by atoms with Crippen LogP contribution < -0.4 is 10.6 Å². The van der Waals surface area contributed by atoms with Crippen LogP contribution in [0.25, 0.3) is 11.1 Å². The second-order valence-electron chi connectivity index (χ2n) is 8.27. The van der Waals surface area contributed by atoms with Gasteiger partial charge in [-0.3, -0.25) is 4.79 Å². The average Bonchev–Trinajstić information content (AvgIpc) is 3.15. The van der Waals surface area contributed by atoms with Crippen molar-refractivity contribution >= 4 is 23.7 Å². The van der Waals surface area contributed by atoms with Gasteiger partial charge in [0.2, 0.25) is 5.91 Å². The van der Waals surface area contributed by atoms with Crippen molar-refractivity contribution in [1.82, 2.24) is 5.32 Å². The predicted octanol–water partition coefficient (Wildman–Crippen LogP) is 4.95. The average molecular weight is 459 g/mol. The lowest BCUT2D eigenvalue weighted by atomic mass is 9.98. The summed E-state index contributed by atoms with van der Waals surface area (Å²) in [5, 5.41) is 14.6. The Kier molecular flexibility index (Phi) is 6.63. The molecule has 0 bridgehead atoms. The SMILES string of the molecule is CC[C@H](NC(=O)OCC1c2ccccc2-c2ccccc21)C(=O)Nc1ccc(C)cc1C(=O)O. The Morgan fingerprint density at radius 1 is 0.971 bits per heavy atom. The fourth-order valence-electron chi connectivity index (χ4n) is 4.30. The largest absolute Gasteiger partial charge is 0.478 e. The van der Waals surface area contributed by atoms with E-state index in [-0.39, 0.29) is 23.8 Å². The number of nitrogens with one attached hydrogen (secondary N) is 2. The van der Waals surface area contributed by atoms with Crippen LogP contribution >= 0.6 is 0 Å². The highest BCUT2D eigenvalue weighted by Gasteiger charge is 2.29. The van der Waals surface area contributed by atoms with Crippen molar-refractivity contribution in [1.29, 1.82) is 0 Å². The number of carboxylic acid groups (broad SMARTS) is 1. The Balaban J connectivity index is 1.41. The van der Waals surface area contributed by atoms with Gasteiger partial charge in [-0.25, -0.2) is 9.59 Å². The van der Waals surface area contributed by atoms with Crippen molar-refractivity contribution < 1.29 is 24.2 Å². The van der Waals surface area contributed by atoms with Crippen molar-refractivity contribution in [2.45, 2.75) is 32.2 Å². The number of carbonyl (C=O) groups is 3. The number of aromatic carboxylic acids is 1. The number of hydrogen-bond donors (Lipinski definition) is 3. The maximum Gasteiger partial charge on any atom is 0.407 e. The van der Waals surface area contributed by atoms with Gasteiger partial charge in [0, 0.05) is 5.92 Å². The highest BCUT2D eigenvalue weighted by atomic mass is 16.5. The van der Waals surface area contributed by atoms with Gasteiger partial charge in [0.05, 0.1) is 11.3 Å². The van der Waals surface area contributed by atoms with Gasteiger partial charge in [-0.15, -0.1) is 0 Å². The van der Waals surface area contributed by atoms with Crippen LogP contribution in [0.1, 0.15) is 46.3 Å². The molecule has 0 fully saturated rings. The minimum Gasteiger partial charge on any atom is -0.478 e. The first-order valence-electron chi connectivity index (χ1n) is 11.1. The van der Waals surface area contributed by atoms with E-state index in [0.717, 1.165) is 27.8 Å². The molecule has 2 amide bonds. The van der Waals surface area contributed by atoms with Crippen LogP contribution in [0.4, 0.5) is 10.5 Å². The summed E-state index contributed by atoms with van der Waals surface area (Å²) in [5.41, 5.74) is 5.39. The van der Waals surface area contributed by atoms with E-state index in [1.807, 2.05) is 36.4 Å². The third-order valence-corrected chi connectivity index (χ3v) is 6.02. The molecule has 0 saturated carbocycles. The van der Waals surface area contributed by atoms with Gasteiger partial charge in [-0.2, -0.15) is 0 Å². The topological polar surface area (TPSA) is 105 Å². The summed E-state index contributed by atoms with van der Waals surface area (Å²) in [5.74, 6) is -1.74. The molecule has 7 heteroatoms. The Morgan fingerprint density at radius 2 is 1.59 bits per heavy atom. The number of carbonyl (C=O) groups excluding carboxylic acids is 2. The predicted molar refractivity (Wildman–Crippen MR) is 129 cm³/mol. The summed E-state index contributed by atoms with van der Waals surface area (Å²) in [6.07, 6.45) is -0.393. The van der Waals surface area contributed by atoms with E-state index in [0.29, 0.717) is 6.42 Å². The summed E-state index contributed by atoms with van der Waals surface area (Å²) < 4.78 is 5.53. The molecule has 7 nitrogen and oxygen atoms in total. The van der Waals surface area contributed by atoms with E-state index in [9.17, 15) is 19.5 Å². The summed E-state index contributed by atoms with van der Waals surface area (Å²) in [6.45, 7) is 3.66. The van der Waals surface area contributed by atoms with Crippen molar-refractivity contribution in [3.63, 3.8) is 0 Å². The summed E-state index contributed by atoms with van der Waals surface area (Å²) in [4.78, 5) is 36.8. The van der Waals surface area contributed by atoms with E-state index < -0.39 is 24.0 Å². The van der Waals surface area contributed by atoms with Crippen molar-refractivity contribution in [2.24, 2.45) is 0 Å². The molecule has 0 heterocycles. The molecular formula is C27H26N2O5. The van der Waals surface area contributed by atoms with E-state index in [1.165, 1.54) is 12.1 Å². The molecule has 1 aliphatic rings. The lowest BCUT2D eigenvalue weighted by Crippen LogP contribution is -2.44. The fraction of sp³-hybridized carbons (Fsp3) is 0.222. The van der Waals surface area contributed by atoms with Crippen molar-refractivity contribution in [3.05, 3.63) is 89.0 Å². The third-order valence-electron chi connectivity index (χ3n) is 6.02. The van der Waals surface area contributed by atoms with Gasteiger partial charge in [-0.05, 0) is 47.7 Å². The van der Waals surface area contributed by atoms with Crippen molar-refractivity contribution in [3.8, 4) is 11.1 Å². The van der Waals surface area contributed by atoms with E-state index in [4.69, 9.17) is 4.74 Å². The zero-order valence-electron chi connectivity index (χ0n) is 19.0. The molecule has 3 aromatic rings. The first-order chi connectivity index (χ1) is 16.4. The molecule has 34 heavy (non-hydrogen) atoms. The molecule has 0 spiro atoms. The van der Waals surface area contributed by atoms with Gasteiger partial charge in [0.1, 0.15) is 12.6 Å². The Hall–Kier alpha value is -4.13. The number of benzene rings is 3. The van der Waals surface area contributed by atoms with Gasteiger partial charge >= 0.3 is 12.1 Å². The van der Waals surface area contributed by atoms with Gasteiger partial charge in [0.15, 0.2) is 0 Å². The quantitative estimate of drug-likeness (QED) is 0.465. The molecule has 0 aromatic heterocycles. The van der Waals surface area contributed by atoms with Crippen LogP contribution in [0.3, 0.4) is 0 Å². The number of amides is 2. The van der Waals surface area contributed by atoms with Gasteiger partial charge in [-0.1, -0.05) is 67.1 Å². The van der Waals surface area contributed by atoms with Crippen LogP contribution in [0.15, 0.2) is 66.7 Å². The summed E-state index contributed by atoms with van der Waals surface area (Å²) >= 11 is 0. The smallest absolute Gasteiger partial charge is 0.407 e. The molecule has 0 unspecified atom stereocenters. The molecule has 4 rings (SSSR count). The molecule has 1 atom stereocenters. The normalized spacial score (nSPS) is 12.9. The molecular weight excluding hydrogens is 432 g/mol. The maximum absolute atomic E-state index is 12.8. The minimum absolute atomic E-state index is 0.00987. The first-order valence-corrected chi connectivity index (χ1v) is 11.1. The number of carboxylic acids is 1. The summed E-state index contributed by atoms with van der Waals surface area (Å²) in [7, 11) is 0.